The first-order valence-corrected chi connectivity index (χ1v) is 28.2. The van der Waals surface area contributed by atoms with E-state index in [0.717, 1.165) is 31.4 Å². The second-order valence-electron chi connectivity index (χ2n) is 16.8. The minimum Gasteiger partial charge on any atom is -0.505 e. The fraction of sp³-hybridized carbons (Fsp3) is 0.413. The number of amides is 7. The highest BCUT2D eigenvalue weighted by Gasteiger charge is 2.38. The molecule has 7 amide bonds. The molecule has 0 aliphatic carbocycles. The van der Waals surface area contributed by atoms with E-state index < -0.39 is 142 Å². The smallest absolute Gasteiger partial charge is 0.274 e. The standard InChI is InChI=1S/C46H54N10O12S5/c1-53-18-37(61)70-19-28(51-42(64)38-33(57)14-24-10-6-8-12-26(24)49-38)40(62)47-17-36(60)55(3)31-23-73-72-22-30(44(53)66)54(2)35(59)16-48-41(63)29(20-71-46(68)32(21-69-5)56(4)45(31)67)52-43(65)39-34(58)15-25-11-7-9-13-27(25)50-39/h6-15,28-32,45,57-58,67H,16-23H2,1-5H3,(H,47,62)(H,48,63)(H,51,64)(H,52,65)/t28-,29?,30+,31+,32+,45+/m1/s1. The molecule has 2 aliphatic heterocycles. The van der Waals surface area contributed by atoms with Crippen LogP contribution in [0.15, 0.2) is 60.7 Å². The van der Waals surface area contributed by atoms with Crippen LogP contribution in [0.4, 0.5) is 0 Å². The topological polar surface area (TPSA) is 301 Å². The van der Waals surface area contributed by atoms with E-state index in [1.54, 1.807) is 54.8 Å². The molecule has 22 nitrogen and oxygen atoms in total. The molecule has 7 N–H and O–H groups in total. The Bertz CT molecular complexity index is 2780. The van der Waals surface area contributed by atoms with Crippen LogP contribution >= 0.6 is 56.9 Å². The molecule has 0 spiro atoms. The molecule has 6 rings (SSSR count). The Labute approximate surface area is 440 Å². The number of pyridine rings is 2. The van der Waals surface area contributed by atoms with E-state index in [1.165, 1.54) is 61.9 Å². The Morgan fingerprint density at radius 1 is 0.712 bits per heavy atom. The first kappa shape index (κ1) is 56.5. The molecule has 4 aromatic rings. The molecular weight excluding hydrogens is 1040 g/mol. The van der Waals surface area contributed by atoms with Gasteiger partial charge in [-0.15, -0.1) is 0 Å². The zero-order valence-electron chi connectivity index (χ0n) is 40.1. The monoisotopic (exact) mass is 1100 g/mol. The predicted octanol–water partition coefficient (Wildman–Crippen LogP) is 0.346. The number of nitrogens with zero attached hydrogens (tertiary/aromatic N) is 6. The summed E-state index contributed by atoms with van der Waals surface area (Å²) in [4.78, 5) is 138. The summed E-state index contributed by atoms with van der Waals surface area (Å²) < 4.78 is 0. The molecule has 390 valence electrons. The van der Waals surface area contributed by atoms with Crippen molar-refractivity contribution in [2.45, 2.75) is 36.4 Å². The molecule has 2 aliphatic rings. The number of hydrogen-bond donors (Lipinski definition) is 7. The minimum absolute atomic E-state index is 0.0238. The molecule has 73 heavy (non-hydrogen) atoms. The van der Waals surface area contributed by atoms with Crippen molar-refractivity contribution in [1.82, 2.24) is 50.8 Å². The van der Waals surface area contributed by atoms with Crippen LogP contribution < -0.4 is 21.3 Å². The van der Waals surface area contributed by atoms with Gasteiger partial charge >= 0.3 is 0 Å². The van der Waals surface area contributed by atoms with E-state index >= 15 is 0 Å². The average molecular weight is 1100 g/mol. The van der Waals surface area contributed by atoms with Gasteiger partial charge in [0.05, 0.1) is 42.8 Å². The fourth-order valence-corrected chi connectivity index (χ4v) is 12.8. The number of fused-ring (bicyclic) bond motifs is 7. The molecule has 1 unspecified atom stereocenters. The maximum Gasteiger partial charge on any atom is 0.274 e. The summed E-state index contributed by atoms with van der Waals surface area (Å²) in [5.74, 6) is -7.61. The molecule has 0 radical (unpaired) electrons. The Kier molecular flexibility index (Phi) is 20.0. The number of aromatic hydroxyl groups is 2. The molecule has 6 atom stereocenters. The minimum atomic E-state index is -1.56. The van der Waals surface area contributed by atoms with Gasteiger partial charge in [0, 0.05) is 60.7 Å². The summed E-state index contributed by atoms with van der Waals surface area (Å²) in [5.41, 5.74) is -0.0656. The number of aliphatic hydroxyl groups is 1. The normalized spacial score (nSPS) is 23.5. The van der Waals surface area contributed by atoms with Crippen LogP contribution in [0.5, 0.6) is 11.5 Å². The van der Waals surface area contributed by atoms with Crippen molar-refractivity contribution in [1.29, 1.82) is 0 Å². The first-order chi connectivity index (χ1) is 34.8. The molecule has 2 aromatic carbocycles. The second-order valence-corrected chi connectivity index (χ2v) is 22.4. The van der Waals surface area contributed by atoms with Crippen LogP contribution in [0.3, 0.4) is 0 Å². The number of likely N-dealkylation sites (N-methyl/N-ethyl adjacent to an activating group) is 4. The second kappa shape index (κ2) is 25.9. The zero-order valence-corrected chi connectivity index (χ0v) is 44.2. The Hall–Kier alpha value is -5.84. The highest BCUT2D eigenvalue weighted by Crippen LogP contribution is 2.30. The molecule has 27 heteroatoms. The molecular formula is C46H54N10O12S5. The van der Waals surface area contributed by atoms with Gasteiger partial charge in [-0.3, -0.25) is 48.1 Å². The number of aliphatic hydroxyl groups excluding tert-OH is 1. The van der Waals surface area contributed by atoms with E-state index in [1.807, 2.05) is 0 Å². The Morgan fingerprint density at radius 2 is 1.21 bits per heavy atom. The predicted molar refractivity (Wildman–Crippen MR) is 282 cm³/mol. The number of rotatable bonds is 6. The van der Waals surface area contributed by atoms with Gasteiger partial charge in [0.2, 0.25) is 39.8 Å². The molecule has 2 fully saturated rings. The van der Waals surface area contributed by atoms with Gasteiger partial charge in [-0.2, -0.15) is 11.8 Å². The lowest BCUT2D eigenvalue weighted by atomic mass is 10.1. The van der Waals surface area contributed by atoms with Crippen molar-refractivity contribution in [3.63, 3.8) is 0 Å². The largest absolute Gasteiger partial charge is 0.505 e. The van der Waals surface area contributed by atoms with Crippen LogP contribution in [0, 0.1) is 0 Å². The first-order valence-electron chi connectivity index (χ1n) is 22.4. The number of hydrogen-bond acceptors (Lipinski definition) is 20. The van der Waals surface area contributed by atoms with E-state index in [4.69, 9.17) is 0 Å². The molecule has 2 aromatic heterocycles. The van der Waals surface area contributed by atoms with Crippen LogP contribution in [0.25, 0.3) is 21.8 Å². The molecule has 2 bridgehead atoms. The van der Waals surface area contributed by atoms with E-state index in [2.05, 4.69) is 31.2 Å². The number of benzene rings is 2. The highest BCUT2D eigenvalue weighted by atomic mass is 33.1. The van der Waals surface area contributed by atoms with Crippen molar-refractivity contribution >= 4 is 130 Å². The third kappa shape index (κ3) is 14.3. The van der Waals surface area contributed by atoms with Gasteiger partial charge in [0.25, 0.3) is 11.8 Å². The maximum absolute atomic E-state index is 14.3. The van der Waals surface area contributed by atoms with Gasteiger partial charge in [-0.05, 0) is 37.6 Å². The van der Waals surface area contributed by atoms with Crippen molar-refractivity contribution < 1.29 is 58.5 Å². The SMILES string of the molecule is CSC[C@H]1C(=O)SCC(NC(=O)c2nc3ccccc3cc2O)C(=O)NCC(=O)N(C)[C@H]2CSSC[C@@H]([C@H](O)N1C)N(C)C(=O)CNC(=O)[C@H](NC(=O)c1nc3ccccc3cc1O)CSC(=O)CN(C)C2=O. The fourth-order valence-electron chi connectivity index (χ4n) is 7.49. The van der Waals surface area contributed by atoms with E-state index in [0.29, 0.717) is 45.3 Å². The number of thioether (sulfide) groups is 3. The summed E-state index contributed by atoms with van der Waals surface area (Å²) in [7, 11) is 7.79. The van der Waals surface area contributed by atoms with Crippen LogP contribution in [-0.4, -0.2) is 216 Å². The molecule has 4 heterocycles. The van der Waals surface area contributed by atoms with Crippen LogP contribution in [0.1, 0.15) is 21.0 Å². The quantitative estimate of drug-likeness (QED) is 0.128. The summed E-state index contributed by atoms with van der Waals surface area (Å²) in [5, 5.41) is 43.6. The number of nitrogens with one attached hydrogen (secondary N) is 4. The number of carbonyl (C=O) groups is 9. The average Bonchev–Trinajstić information content (AvgIpc) is 3.37. The Morgan fingerprint density at radius 3 is 1.74 bits per heavy atom. The van der Waals surface area contributed by atoms with Crippen molar-refractivity contribution in [3.8, 4) is 11.5 Å². The van der Waals surface area contributed by atoms with Crippen LogP contribution in [0.2, 0.25) is 0 Å². The Balaban J connectivity index is 1.32. The lowest BCUT2D eigenvalue weighted by Crippen LogP contribution is -2.58. The number of aromatic nitrogens is 2. The number of carbonyl (C=O) groups excluding carboxylic acids is 9. The van der Waals surface area contributed by atoms with Crippen molar-refractivity contribution in [2.24, 2.45) is 0 Å². The third-order valence-electron chi connectivity index (χ3n) is 11.9. The van der Waals surface area contributed by atoms with E-state index in [-0.39, 0.29) is 17.3 Å². The van der Waals surface area contributed by atoms with Crippen molar-refractivity contribution in [3.05, 3.63) is 72.1 Å². The lowest BCUT2D eigenvalue weighted by Gasteiger charge is -2.39. The summed E-state index contributed by atoms with van der Waals surface area (Å²) in [6.07, 6.45) is 0.174. The highest BCUT2D eigenvalue weighted by molar-refractivity contribution is 8.76. The summed E-state index contributed by atoms with van der Waals surface area (Å²) in [6.45, 7) is -1.85. The van der Waals surface area contributed by atoms with Gasteiger partial charge in [-0.1, -0.05) is 81.5 Å². The third-order valence-corrected chi connectivity index (χ3v) is 17.0. The summed E-state index contributed by atoms with van der Waals surface area (Å²) >= 11 is 2.53. The molecule has 2 saturated heterocycles. The maximum atomic E-state index is 14.3. The van der Waals surface area contributed by atoms with E-state index in [9.17, 15) is 58.5 Å². The lowest BCUT2D eigenvalue weighted by molar-refractivity contribution is -0.143. The van der Waals surface area contributed by atoms with Crippen molar-refractivity contribution in [2.75, 3.05) is 82.8 Å². The summed E-state index contributed by atoms with van der Waals surface area (Å²) in [6, 6.07) is 9.66. The van der Waals surface area contributed by atoms with Gasteiger partial charge < -0.3 is 51.3 Å². The number of para-hydroxylation sites is 2. The van der Waals surface area contributed by atoms with Crippen LogP contribution in [-0.2, 0) is 33.6 Å². The van der Waals surface area contributed by atoms with Gasteiger partial charge in [0.15, 0.2) is 11.4 Å². The molecule has 0 saturated carbocycles. The van der Waals surface area contributed by atoms with Gasteiger partial charge in [-0.25, -0.2) is 9.97 Å². The zero-order chi connectivity index (χ0) is 53.1. The van der Waals surface area contributed by atoms with Gasteiger partial charge in [0.1, 0.15) is 35.9 Å².